The molecule has 0 amide bonds. The van der Waals surface area contributed by atoms with E-state index in [1.807, 2.05) is 12.1 Å². The van der Waals surface area contributed by atoms with Crippen LogP contribution < -0.4 is 0 Å². The van der Waals surface area contributed by atoms with E-state index >= 15 is 0 Å². The van der Waals surface area contributed by atoms with Gasteiger partial charge in [0.2, 0.25) is 0 Å². The lowest BCUT2D eigenvalue weighted by Gasteiger charge is -2.32. The van der Waals surface area contributed by atoms with E-state index in [1.165, 1.54) is 25.7 Å². The highest BCUT2D eigenvalue weighted by Gasteiger charge is 2.40. The van der Waals surface area contributed by atoms with E-state index in [-0.39, 0.29) is 0 Å². The Morgan fingerprint density at radius 3 is 1.92 bits per heavy atom. The number of benzene rings is 1. The molecule has 0 saturated heterocycles. The number of aryl methyl sites for hydroxylation is 1. The van der Waals surface area contributed by atoms with Crippen molar-refractivity contribution in [2.75, 3.05) is 0 Å². The third-order valence-electron chi connectivity index (χ3n) is 5.32. The van der Waals surface area contributed by atoms with Crippen molar-refractivity contribution in [3.8, 4) is 0 Å². The number of carboxylic acid groups (broad SMARTS) is 2. The Morgan fingerprint density at radius 1 is 0.846 bits per heavy atom. The normalized spacial score (nSPS) is 12.2. The number of unbranched alkanes of at least 4 members (excludes halogenated alkanes) is 5. The summed E-state index contributed by atoms with van der Waals surface area (Å²) < 4.78 is 0. The number of hydrogen-bond acceptors (Lipinski definition) is 2. The molecule has 0 heterocycles. The van der Waals surface area contributed by atoms with Crippen LogP contribution in [0.3, 0.4) is 0 Å². The van der Waals surface area contributed by atoms with E-state index in [2.05, 4.69) is 6.92 Å². The summed E-state index contributed by atoms with van der Waals surface area (Å²) in [5.74, 6) is -1.88. The number of hydrogen-bond donors (Lipinski definition) is 2. The molecule has 1 aromatic carbocycles. The molecule has 0 aliphatic heterocycles. The van der Waals surface area contributed by atoms with Crippen LogP contribution in [0.1, 0.15) is 89.8 Å². The fourth-order valence-electron chi connectivity index (χ4n) is 3.39. The second kappa shape index (κ2) is 9.20. The summed E-state index contributed by atoms with van der Waals surface area (Å²) in [6.45, 7) is 8.80. The minimum Gasteiger partial charge on any atom is -0.481 e. The quantitative estimate of drug-likeness (QED) is 0.523. The molecule has 4 nitrogen and oxygen atoms in total. The number of carbonyl (C=O) groups is 2. The van der Waals surface area contributed by atoms with Crippen LogP contribution in [0.4, 0.5) is 0 Å². The lowest BCUT2D eigenvalue weighted by molar-refractivity contribution is -0.144. The average Bonchev–Trinajstić information content (AvgIpc) is 2.57. The Balaban J connectivity index is 3.22. The van der Waals surface area contributed by atoms with Crippen molar-refractivity contribution in [1.29, 1.82) is 0 Å². The Labute approximate surface area is 157 Å². The topological polar surface area (TPSA) is 74.6 Å². The zero-order valence-corrected chi connectivity index (χ0v) is 16.9. The van der Waals surface area contributed by atoms with Crippen molar-refractivity contribution in [3.05, 3.63) is 34.9 Å². The summed E-state index contributed by atoms with van der Waals surface area (Å²) in [7, 11) is 0. The van der Waals surface area contributed by atoms with Crippen molar-refractivity contribution < 1.29 is 19.8 Å². The van der Waals surface area contributed by atoms with Crippen LogP contribution in [-0.4, -0.2) is 22.2 Å². The summed E-state index contributed by atoms with van der Waals surface area (Å²) >= 11 is 0. The van der Waals surface area contributed by atoms with Crippen molar-refractivity contribution in [1.82, 2.24) is 0 Å². The third-order valence-corrected chi connectivity index (χ3v) is 5.32. The maximum Gasteiger partial charge on any atom is 0.313 e. The lowest BCUT2D eigenvalue weighted by atomic mass is 9.71. The molecule has 0 aliphatic rings. The van der Waals surface area contributed by atoms with E-state index in [0.29, 0.717) is 11.1 Å². The molecule has 0 atom stereocenters. The predicted molar refractivity (Wildman–Crippen MR) is 105 cm³/mol. The molecule has 0 aliphatic carbocycles. The molecule has 1 aromatic rings. The maximum atomic E-state index is 11.9. The van der Waals surface area contributed by atoms with Gasteiger partial charge in [-0.25, -0.2) is 0 Å². The van der Waals surface area contributed by atoms with Crippen LogP contribution in [0.2, 0.25) is 0 Å². The van der Waals surface area contributed by atoms with E-state index in [4.69, 9.17) is 0 Å². The monoisotopic (exact) mass is 362 g/mol. The van der Waals surface area contributed by atoms with Gasteiger partial charge in [0, 0.05) is 0 Å². The molecule has 0 fully saturated rings. The van der Waals surface area contributed by atoms with Crippen molar-refractivity contribution in [2.45, 2.75) is 90.4 Å². The van der Waals surface area contributed by atoms with Gasteiger partial charge in [0.05, 0.1) is 10.8 Å². The lowest BCUT2D eigenvalue weighted by Crippen LogP contribution is -2.37. The maximum absolute atomic E-state index is 11.9. The Bertz CT molecular complexity index is 629. The molecule has 26 heavy (non-hydrogen) atoms. The van der Waals surface area contributed by atoms with Crippen LogP contribution in [0.15, 0.2) is 18.2 Å². The number of carboxylic acids is 2. The standard InChI is InChI=1S/C22H34O4/c1-6-7-8-9-10-11-13-16-14-12-15-17(21(2,3)19(23)24)18(16)22(4,5)20(25)26/h12,14-15H,6-11,13H2,1-5H3,(H,23,24)(H,25,26). The van der Waals surface area contributed by atoms with E-state index in [1.54, 1.807) is 33.8 Å². The molecule has 146 valence electrons. The summed E-state index contributed by atoms with van der Waals surface area (Å²) in [5.41, 5.74) is -0.0610. The molecule has 0 bridgehead atoms. The van der Waals surface area contributed by atoms with Gasteiger partial charge in [-0.05, 0) is 57.2 Å². The molecule has 4 heteroatoms. The van der Waals surface area contributed by atoms with Crippen molar-refractivity contribution >= 4 is 11.9 Å². The van der Waals surface area contributed by atoms with Crippen LogP contribution in [-0.2, 0) is 26.8 Å². The fourth-order valence-corrected chi connectivity index (χ4v) is 3.39. The molecule has 1 rings (SSSR count). The molecule has 0 saturated carbocycles. The molecule has 0 radical (unpaired) electrons. The van der Waals surface area contributed by atoms with Gasteiger partial charge in [-0.15, -0.1) is 0 Å². The molecule has 0 aromatic heterocycles. The number of rotatable bonds is 11. The SMILES string of the molecule is CCCCCCCCc1cccc(C(C)(C)C(=O)O)c1C(C)(C)C(=O)O. The first kappa shape index (κ1) is 22.2. The van der Waals surface area contributed by atoms with Gasteiger partial charge in [-0.1, -0.05) is 57.2 Å². The summed E-state index contributed by atoms with van der Waals surface area (Å²) in [6.07, 6.45) is 7.76. The van der Waals surface area contributed by atoms with Gasteiger partial charge >= 0.3 is 11.9 Å². The molecular weight excluding hydrogens is 328 g/mol. The van der Waals surface area contributed by atoms with Crippen molar-refractivity contribution in [3.63, 3.8) is 0 Å². The molecule has 0 spiro atoms. The first-order valence-electron chi connectivity index (χ1n) is 9.66. The highest BCUT2D eigenvalue weighted by Crippen LogP contribution is 2.37. The average molecular weight is 363 g/mol. The second-order valence-corrected chi connectivity index (χ2v) is 8.22. The van der Waals surface area contributed by atoms with E-state index < -0.39 is 22.8 Å². The summed E-state index contributed by atoms with van der Waals surface area (Å²) in [4.78, 5) is 23.7. The minimum atomic E-state index is -1.14. The highest BCUT2D eigenvalue weighted by atomic mass is 16.4. The first-order valence-corrected chi connectivity index (χ1v) is 9.66. The zero-order chi connectivity index (χ0) is 20.0. The van der Waals surface area contributed by atoms with Gasteiger partial charge in [-0.3, -0.25) is 9.59 Å². The number of aliphatic carboxylic acids is 2. The smallest absolute Gasteiger partial charge is 0.313 e. The molecular formula is C22H34O4. The van der Waals surface area contributed by atoms with Gasteiger partial charge in [0.25, 0.3) is 0 Å². The van der Waals surface area contributed by atoms with Gasteiger partial charge in [0.15, 0.2) is 0 Å². The Hall–Kier alpha value is -1.84. The van der Waals surface area contributed by atoms with Gasteiger partial charge in [0.1, 0.15) is 0 Å². The van der Waals surface area contributed by atoms with Crippen molar-refractivity contribution in [2.24, 2.45) is 0 Å². The van der Waals surface area contributed by atoms with Crippen LogP contribution in [0.5, 0.6) is 0 Å². The third kappa shape index (κ3) is 5.09. The zero-order valence-electron chi connectivity index (χ0n) is 16.9. The summed E-state index contributed by atoms with van der Waals surface area (Å²) in [6, 6.07) is 5.57. The second-order valence-electron chi connectivity index (χ2n) is 8.22. The predicted octanol–water partition coefficient (Wildman–Crippen LogP) is 5.31. The van der Waals surface area contributed by atoms with E-state index in [0.717, 1.165) is 24.8 Å². The largest absolute Gasteiger partial charge is 0.481 e. The van der Waals surface area contributed by atoms with Crippen LogP contribution in [0.25, 0.3) is 0 Å². The Morgan fingerprint density at radius 2 is 1.38 bits per heavy atom. The summed E-state index contributed by atoms with van der Waals surface area (Å²) in [5, 5.41) is 19.4. The van der Waals surface area contributed by atoms with Gasteiger partial charge < -0.3 is 10.2 Å². The molecule has 0 unspecified atom stereocenters. The van der Waals surface area contributed by atoms with Gasteiger partial charge in [-0.2, -0.15) is 0 Å². The van der Waals surface area contributed by atoms with E-state index in [9.17, 15) is 19.8 Å². The van der Waals surface area contributed by atoms with Crippen LogP contribution in [0, 0.1) is 0 Å². The minimum absolute atomic E-state index is 0.598. The highest BCUT2D eigenvalue weighted by molar-refractivity contribution is 5.85. The molecule has 2 N–H and O–H groups in total. The first-order chi connectivity index (χ1) is 12.1. The fraction of sp³-hybridized carbons (Fsp3) is 0.636. The van der Waals surface area contributed by atoms with Crippen LogP contribution >= 0.6 is 0 Å². The Kier molecular flexibility index (Phi) is 7.86.